The van der Waals surface area contributed by atoms with Gasteiger partial charge in [0, 0.05) is 16.5 Å². The minimum atomic E-state index is 0.257. The third-order valence-electron chi connectivity index (χ3n) is 2.29. The van der Waals surface area contributed by atoms with Crippen LogP contribution < -0.4 is 15.4 Å². The molecular weight excluding hydrogens is 346 g/mol. The second kappa shape index (κ2) is 6.71. The largest absolute Gasteiger partial charge is 0.464 e. The maximum atomic E-state index is 5.97. The highest BCUT2D eigenvalue weighted by Gasteiger charge is 2.08. The van der Waals surface area contributed by atoms with Gasteiger partial charge in [0.25, 0.3) is 0 Å². The highest BCUT2D eigenvalue weighted by atomic mass is 79.9. The van der Waals surface area contributed by atoms with E-state index in [9.17, 15) is 0 Å². The van der Waals surface area contributed by atoms with Crippen LogP contribution in [0.1, 0.15) is 6.92 Å². The van der Waals surface area contributed by atoms with Gasteiger partial charge in [0.1, 0.15) is 0 Å². The Labute approximate surface area is 130 Å². The van der Waals surface area contributed by atoms with Crippen LogP contribution in [0.5, 0.6) is 6.01 Å². The molecule has 0 atom stereocenters. The summed E-state index contributed by atoms with van der Waals surface area (Å²) in [5.41, 5.74) is 0.758. The fraction of sp³-hybridized carbons (Fsp3) is 0.250. The molecule has 0 amide bonds. The lowest BCUT2D eigenvalue weighted by Gasteiger charge is -2.10. The Morgan fingerprint density at radius 1 is 1.25 bits per heavy atom. The quantitative estimate of drug-likeness (QED) is 0.852. The smallest absolute Gasteiger partial charge is 0.323 e. The normalized spacial score (nSPS) is 10.2. The van der Waals surface area contributed by atoms with E-state index >= 15 is 0 Å². The molecule has 0 aliphatic carbocycles. The summed E-state index contributed by atoms with van der Waals surface area (Å²) in [6, 6.07) is 5.66. The van der Waals surface area contributed by atoms with E-state index in [1.54, 1.807) is 19.2 Å². The van der Waals surface area contributed by atoms with Crippen molar-refractivity contribution in [3.8, 4) is 6.01 Å². The monoisotopic (exact) mass is 357 g/mol. The van der Waals surface area contributed by atoms with Crippen molar-refractivity contribution in [1.82, 2.24) is 15.0 Å². The Balaban J connectivity index is 2.32. The second-order valence-corrected chi connectivity index (χ2v) is 4.99. The first-order chi connectivity index (χ1) is 9.62. The number of nitrogens with zero attached hydrogens (tertiary/aromatic N) is 3. The number of nitrogens with one attached hydrogen (secondary N) is 2. The van der Waals surface area contributed by atoms with Crippen molar-refractivity contribution in [3.05, 3.63) is 27.7 Å². The van der Waals surface area contributed by atoms with Crippen molar-refractivity contribution in [1.29, 1.82) is 0 Å². The summed E-state index contributed by atoms with van der Waals surface area (Å²) in [6.07, 6.45) is 0. The molecule has 1 heterocycles. The molecule has 2 aromatic rings. The van der Waals surface area contributed by atoms with Gasteiger partial charge in [-0.25, -0.2) is 0 Å². The van der Waals surface area contributed by atoms with E-state index in [1.165, 1.54) is 0 Å². The van der Waals surface area contributed by atoms with E-state index in [1.807, 2.05) is 13.0 Å². The predicted octanol–water partition coefficient (Wildman–Crippen LogP) is 3.47. The summed E-state index contributed by atoms with van der Waals surface area (Å²) < 4.78 is 6.15. The zero-order valence-electron chi connectivity index (χ0n) is 10.9. The lowest BCUT2D eigenvalue weighted by molar-refractivity contribution is 0.312. The molecule has 2 rings (SSSR count). The van der Waals surface area contributed by atoms with E-state index in [2.05, 4.69) is 41.5 Å². The minimum absolute atomic E-state index is 0.257. The van der Waals surface area contributed by atoms with Gasteiger partial charge in [0.05, 0.1) is 12.3 Å². The minimum Gasteiger partial charge on any atom is -0.464 e. The summed E-state index contributed by atoms with van der Waals surface area (Å²) in [4.78, 5) is 12.5. The van der Waals surface area contributed by atoms with Crippen LogP contribution in [0.15, 0.2) is 22.7 Å². The molecule has 1 aromatic carbocycles. The van der Waals surface area contributed by atoms with Gasteiger partial charge in [-0.15, -0.1) is 0 Å². The molecule has 0 spiro atoms. The predicted molar refractivity (Wildman–Crippen MR) is 83.0 cm³/mol. The molecule has 0 aliphatic rings. The van der Waals surface area contributed by atoms with Crippen LogP contribution in [0.25, 0.3) is 0 Å². The van der Waals surface area contributed by atoms with Crippen molar-refractivity contribution in [2.24, 2.45) is 0 Å². The van der Waals surface area contributed by atoms with Crippen LogP contribution >= 0.6 is 27.5 Å². The number of benzene rings is 1. The Morgan fingerprint density at radius 3 is 2.70 bits per heavy atom. The van der Waals surface area contributed by atoms with E-state index in [-0.39, 0.29) is 6.01 Å². The fourth-order valence-corrected chi connectivity index (χ4v) is 1.95. The number of hydrogen-bond acceptors (Lipinski definition) is 6. The first-order valence-corrected chi connectivity index (χ1v) is 7.08. The number of rotatable bonds is 5. The molecule has 0 fully saturated rings. The fourth-order valence-electron chi connectivity index (χ4n) is 1.43. The lowest BCUT2D eigenvalue weighted by Crippen LogP contribution is -2.07. The highest BCUT2D eigenvalue weighted by Crippen LogP contribution is 2.28. The first kappa shape index (κ1) is 14.8. The van der Waals surface area contributed by atoms with Crippen LogP contribution in [0.2, 0.25) is 5.02 Å². The van der Waals surface area contributed by atoms with Gasteiger partial charge in [-0.3, -0.25) is 0 Å². The van der Waals surface area contributed by atoms with Crippen LogP contribution in [0.3, 0.4) is 0 Å². The van der Waals surface area contributed by atoms with Gasteiger partial charge >= 0.3 is 6.01 Å². The molecular formula is C12H13BrClN5O. The van der Waals surface area contributed by atoms with Gasteiger partial charge < -0.3 is 15.4 Å². The molecule has 0 bridgehead atoms. The summed E-state index contributed by atoms with van der Waals surface area (Å²) in [5.74, 6) is 0.792. The average Bonchev–Trinajstić information content (AvgIpc) is 2.43. The van der Waals surface area contributed by atoms with E-state index < -0.39 is 0 Å². The lowest BCUT2D eigenvalue weighted by atomic mass is 10.3. The molecule has 106 valence electrons. The molecule has 2 N–H and O–H groups in total. The highest BCUT2D eigenvalue weighted by molar-refractivity contribution is 9.10. The Morgan fingerprint density at radius 2 is 2.00 bits per heavy atom. The van der Waals surface area contributed by atoms with Crippen LogP contribution in [-0.2, 0) is 0 Å². The topological polar surface area (TPSA) is 72.0 Å². The van der Waals surface area contributed by atoms with Crippen molar-refractivity contribution < 1.29 is 4.74 Å². The van der Waals surface area contributed by atoms with Gasteiger partial charge in [-0.05, 0) is 41.1 Å². The summed E-state index contributed by atoms with van der Waals surface area (Å²) in [5, 5.41) is 6.55. The van der Waals surface area contributed by atoms with E-state index in [4.69, 9.17) is 16.3 Å². The standard InChI is InChI=1S/C12H13BrClN5O/c1-3-20-12-18-10(15-2)17-11(19-12)16-9-6-7(14)4-5-8(9)13/h4-6H,3H2,1-2H3,(H2,15,16,17,18,19). The zero-order valence-corrected chi connectivity index (χ0v) is 13.3. The summed E-state index contributed by atoms with van der Waals surface area (Å²) in [7, 11) is 1.73. The molecule has 0 aliphatic heterocycles. The van der Waals surface area contributed by atoms with Gasteiger partial charge in [0.15, 0.2) is 0 Å². The van der Waals surface area contributed by atoms with Gasteiger partial charge in [0.2, 0.25) is 11.9 Å². The van der Waals surface area contributed by atoms with Crippen LogP contribution in [0, 0.1) is 0 Å². The Kier molecular flexibility index (Phi) is 4.97. The molecule has 20 heavy (non-hydrogen) atoms. The molecule has 0 saturated heterocycles. The molecule has 1 aromatic heterocycles. The molecule has 6 nitrogen and oxygen atoms in total. The SMILES string of the molecule is CCOc1nc(NC)nc(Nc2cc(Cl)ccc2Br)n1. The van der Waals surface area contributed by atoms with E-state index in [0.29, 0.717) is 23.5 Å². The molecule has 0 unspecified atom stereocenters. The zero-order chi connectivity index (χ0) is 14.5. The van der Waals surface area contributed by atoms with Crippen molar-refractivity contribution >= 4 is 45.1 Å². The van der Waals surface area contributed by atoms with Crippen molar-refractivity contribution in [2.45, 2.75) is 6.92 Å². The third-order valence-corrected chi connectivity index (χ3v) is 3.21. The third kappa shape index (κ3) is 3.71. The average molecular weight is 359 g/mol. The van der Waals surface area contributed by atoms with Crippen molar-refractivity contribution in [2.75, 3.05) is 24.3 Å². The van der Waals surface area contributed by atoms with E-state index in [0.717, 1.165) is 10.2 Å². The Hall–Kier alpha value is -1.60. The van der Waals surface area contributed by atoms with Crippen molar-refractivity contribution in [3.63, 3.8) is 0 Å². The van der Waals surface area contributed by atoms with Crippen LogP contribution in [-0.4, -0.2) is 28.6 Å². The van der Waals surface area contributed by atoms with Gasteiger partial charge in [-0.1, -0.05) is 11.6 Å². The second-order valence-electron chi connectivity index (χ2n) is 3.70. The number of halogens is 2. The summed E-state index contributed by atoms with van der Waals surface area (Å²) >= 11 is 9.41. The first-order valence-electron chi connectivity index (χ1n) is 5.91. The number of ether oxygens (including phenoxy) is 1. The summed E-state index contributed by atoms with van der Waals surface area (Å²) in [6.45, 7) is 2.34. The maximum absolute atomic E-state index is 5.97. The number of hydrogen-bond donors (Lipinski definition) is 2. The Bertz CT molecular complexity index is 610. The maximum Gasteiger partial charge on any atom is 0.323 e. The van der Waals surface area contributed by atoms with Gasteiger partial charge in [-0.2, -0.15) is 15.0 Å². The molecule has 0 radical (unpaired) electrons. The molecule has 8 heteroatoms. The molecule has 0 saturated carbocycles. The van der Waals surface area contributed by atoms with Crippen LogP contribution in [0.4, 0.5) is 17.6 Å². The number of anilines is 3. The number of aromatic nitrogens is 3.